The van der Waals surface area contributed by atoms with E-state index in [1.165, 1.54) is 5.56 Å². The highest BCUT2D eigenvalue weighted by Gasteiger charge is 2.43. The van der Waals surface area contributed by atoms with Crippen LogP contribution in [0.5, 0.6) is 5.75 Å². The molecule has 0 saturated heterocycles. The molecular weight excluding hydrogens is 382 g/mol. The summed E-state index contributed by atoms with van der Waals surface area (Å²) >= 11 is 0. The second kappa shape index (κ2) is 7.27. The van der Waals surface area contributed by atoms with Gasteiger partial charge >= 0.3 is 5.97 Å². The van der Waals surface area contributed by atoms with Crippen LogP contribution in [0.2, 0.25) is 0 Å². The maximum absolute atomic E-state index is 12.8. The van der Waals surface area contributed by atoms with E-state index in [0.29, 0.717) is 12.7 Å². The van der Waals surface area contributed by atoms with Gasteiger partial charge in [-0.1, -0.05) is 0 Å². The lowest BCUT2D eigenvalue weighted by Gasteiger charge is -2.49. The molecule has 0 atom stereocenters. The molecule has 2 fully saturated rings. The molecule has 2 saturated carbocycles. The van der Waals surface area contributed by atoms with Crippen LogP contribution in [0.1, 0.15) is 60.5 Å². The van der Waals surface area contributed by atoms with Gasteiger partial charge in [0.05, 0.1) is 32.1 Å². The Balaban J connectivity index is 1.62. The summed E-state index contributed by atoms with van der Waals surface area (Å²) in [5.74, 6) is 0.218. The molecule has 0 radical (unpaired) electrons. The van der Waals surface area contributed by atoms with Gasteiger partial charge in [-0.2, -0.15) is 0 Å². The third kappa shape index (κ3) is 3.14. The van der Waals surface area contributed by atoms with Crippen molar-refractivity contribution in [1.82, 2.24) is 4.57 Å². The predicted molar refractivity (Wildman–Crippen MR) is 112 cm³/mol. The number of benzene rings is 1. The molecule has 6 heteroatoms. The van der Waals surface area contributed by atoms with Crippen LogP contribution in [-0.4, -0.2) is 30.4 Å². The molecule has 0 bridgehead atoms. The molecule has 158 valence electrons. The van der Waals surface area contributed by atoms with E-state index in [1.807, 2.05) is 6.07 Å². The summed E-state index contributed by atoms with van der Waals surface area (Å²) < 4.78 is 18.8. The van der Waals surface area contributed by atoms with Crippen molar-refractivity contribution >= 4 is 5.97 Å². The van der Waals surface area contributed by atoms with Crippen LogP contribution in [0.25, 0.3) is 11.3 Å². The monoisotopic (exact) mass is 409 g/mol. The summed E-state index contributed by atoms with van der Waals surface area (Å²) in [5.41, 5.74) is 3.83. The lowest BCUT2D eigenvalue weighted by atomic mass is 9.69. The fraction of sp³-hybridized carbons (Fsp3) is 0.500. The number of methoxy groups -OCH3 is 1. The number of fused-ring (bicyclic) bond motifs is 4. The maximum Gasteiger partial charge on any atom is 0.343 e. The highest BCUT2D eigenvalue weighted by atomic mass is 16.5. The first-order valence-electron chi connectivity index (χ1n) is 10.8. The summed E-state index contributed by atoms with van der Waals surface area (Å²) in [4.78, 5) is 25.1. The van der Waals surface area contributed by atoms with Crippen molar-refractivity contribution in [2.24, 2.45) is 0 Å². The topological polar surface area (TPSA) is 66.8 Å². The summed E-state index contributed by atoms with van der Waals surface area (Å²) in [7, 11) is 1.66. The van der Waals surface area contributed by atoms with Crippen molar-refractivity contribution in [2.45, 2.75) is 63.7 Å². The van der Waals surface area contributed by atoms with Crippen molar-refractivity contribution in [3.8, 4) is 17.0 Å². The Kier molecular flexibility index (Phi) is 4.69. The van der Waals surface area contributed by atoms with Gasteiger partial charge in [0.1, 0.15) is 11.3 Å². The van der Waals surface area contributed by atoms with Crippen molar-refractivity contribution < 1.29 is 19.0 Å². The number of rotatable bonds is 6. The minimum Gasteiger partial charge on any atom is -0.496 e. The molecule has 1 aliphatic heterocycles. The van der Waals surface area contributed by atoms with Gasteiger partial charge in [-0.3, -0.25) is 4.79 Å². The molecule has 1 aromatic carbocycles. The summed E-state index contributed by atoms with van der Waals surface area (Å²) in [6.07, 6.45) is 8.45. The molecular formula is C24H27NO5. The van der Waals surface area contributed by atoms with E-state index >= 15 is 0 Å². The van der Waals surface area contributed by atoms with E-state index in [4.69, 9.17) is 14.2 Å². The molecule has 5 rings (SSSR count). The number of carbonyl (C=O) groups excluding carboxylic acids is 1. The minimum absolute atomic E-state index is 0.0829. The Hall–Kier alpha value is -2.60. The van der Waals surface area contributed by atoms with E-state index in [2.05, 4.69) is 10.6 Å². The van der Waals surface area contributed by atoms with E-state index in [0.717, 1.165) is 61.1 Å². The fourth-order valence-electron chi connectivity index (χ4n) is 4.74. The van der Waals surface area contributed by atoms with E-state index in [9.17, 15) is 9.59 Å². The summed E-state index contributed by atoms with van der Waals surface area (Å²) in [6, 6.07) is 5.79. The molecule has 2 heterocycles. The average Bonchev–Trinajstić information content (AvgIpc) is 3.54. The largest absolute Gasteiger partial charge is 0.496 e. The molecule has 30 heavy (non-hydrogen) atoms. The van der Waals surface area contributed by atoms with Crippen LogP contribution >= 0.6 is 0 Å². The number of hydrogen-bond donors (Lipinski definition) is 0. The van der Waals surface area contributed by atoms with E-state index < -0.39 is 5.97 Å². The zero-order valence-corrected chi connectivity index (χ0v) is 17.5. The van der Waals surface area contributed by atoms with Crippen molar-refractivity contribution in [3.05, 3.63) is 51.3 Å². The van der Waals surface area contributed by atoms with Crippen molar-refractivity contribution in [1.29, 1.82) is 0 Å². The molecule has 0 unspecified atom stereocenters. The number of aromatic nitrogens is 1. The number of ether oxygens (including phenoxy) is 3. The highest BCUT2D eigenvalue weighted by Crippen LogP contribution is 2.49. The number of nitrogens with zero attached hydrogens (tertiary/aromatic N) is 1. The smallest absolute Gasteiger partial charge is 0.343 e. The predicted octanol–water partition coefficient (Wildman–Crippen LogP) is 3.81. The molecule has 0 N–H and O–H groups in total. The molecule has 1 aromatic heterocycles. The first kappa shape index (κ1) is 19.4. The van der Waals surface area contributed by atoms with E-state index in [-0.39, 0.29) is 23.1 Å². The number of carbonyl (C=O) groups is 1. The van der Waals surface area contributed by atoms with E-state index in [1.54, 1.807) is 26.3 Å². The lowest BCUT2D eigenvalue weighted by molar-refractivity contribution is 0.0521. The molecule has 0 amide bonds. The Bertz CT molecular complexity index is 1060. The number of hydrogen-bond acceptors (Lipinski definition) is 5. The quantitative estimate of drug-likeness (QED) is 0.679. The molecule has 2 aromatic rings. The van der Waals surface area contributed by atoms with Crippen LogP contribution in [0.3, 0.4) is 0 Å². The number of pyridine rings is 1. The average molecular weight is 409 g/mol. The van der Waals surface area contributed by atoms with Crippen LogP contribution < -0.4 is 10.2 Å². The van der Waals surface area contributed by atoms with Gasteiger partial charge in [0, 0.05) is 28.9 Å². The van der Waals surface area contributed by atoms with Crippen LogP contribution in [0, 0.1) is 0 Å². The zero-order valence-electron chi connectivity index (χ0n) is 17.5. The highest BCUT2D eigenvalue weighted by molar-refractivity contribution is 5.89. The normalized spacial score (nSPS) is 18.3. The first-order chi connectivity index (χ1) is 14.5. The fourth-order valence-corrected chi connectivity index (χ4v) is 4.74. The van der Waals surface area contributed by atoms with Gasteiger partial charge in [0.2, 0.25) is 0 Å². The van der Waals surface area contributed by atoms with Crippen molar-refractivity contribution in [2.75, 3.05) is 13.7 Å². The molecule has 2 aliphatic carbocycles. The number of esters is 1. The van der Waals surface area contributed by atoms with Gasteiger partial charge in [0.15, 0.2) is 5.43 Å². The molecule has 1 spiro atoms. The SMILES string of the molecule is CCOC(=O)c1cn2c(cc1=O)-c1cc(OC)c(COC3CC3)cc1CC21CCC1. The van der Waals surface area contributed by atoms with Gasteiger partial charge < -0.3 is 18.8 Å². The maximum atomic E-state index is 12.8. The second-order valence-electron chi connectivity index (χ2n) is 8.61. The summed E-state index contributed by atoms with van der Waals surface area (Å²) in [5, 5.41) is 0. The van der Waals surface area contributed by atoms with Crippen LogP contribution in [-0.2, 0) is 28.0 Å². The van der Waals surface area contributed by atoms with Gasteiger partial charge in [0.25, 0.3) is 0 Å². The third-order valence-electron chi connectivity index (χ3n) is 6.64. The summed E-state index contributed by atoms with van der Waals surface area (Å²) in [6.45, 7) is 2.54. The first-order valence-corrected chi connectivity index (χ1v) is 10.8. The molecule has 3 aliphatic rings. The minimum atomic E-state index is -0.553. The van der Waals surface area contributed by atoms with Crippen LogP contribution in [0.15, 0.2) is 29.2 Å². The Morgan fingerprint density at radius 2 is 2.03 bits per heavy atom. The Labute approximate surface area is 175 Å². The van der Waals surface area contributed by atoms with Gasteiger partial charge in [-0.05, 0) is 63.1 Å². The van der Waals surface area contributed by atoms with Gasteiger partial charge in [-0.25, -0.2) is 4.79 Å². The van der Waals surface area contributed by atoms with Crippen LogP contribution in [0.4, 0.5) is 0 Å². The zero-order chi connectivity index (χ0) is 20.9. The lowest BCUT2D eigenvalue weighted by Crippen LogP contribution is -2.46. The third-order valence-corrected chi connectivity index (χ3v) is 6.64. The Morgan fingerprint density at radius 1 is 1.23 bits per heavy atom. The van der Waals surface area contributed by atoms with Crippen molar-refractivity contribution in [3.63, 3.8) is 0 Å². The second-order valence-corrected chi connectivity index (χ2v) is 8.61. The standard InChI is InChI=1S/C24H27NO5/c1-3-29-23(27)19-13-25-20(11-21(19)26)18-10-22(28-2)16(14-30-17-5-6-17)9-15(18)12-24(25)7-4-8-24/h9-11,13,17H,3-8,12,14H2,1-2H3. The molecule has 6 nitrogen and oxygen atoms in total. The van der Waals surface area contributed by atoms with Gasteiger partial charge in [-0.15, -0.1) is 0 Å². The Morgan fingerprint density at radius 3 is 2.67 bits per heavy atom.